The van der Waals surface area contributed by atoms with Gasteiger partial charge in [0.25, 0.3) is 0 Å². The first-order chi connectivity index (χ1) is 6.37. The van der Waals surface area contributed by atoms with Crippen molar-refractivity contribution in [2.45, 2.75) is 45.8 Å². The highest BCUT2D eigenvalue weighted by atomic mass is 16.5. The first-order valence-electron chi connectivity index (χ1n) is 5.32. The average molecular weight is 197 g/mol. The Morgan fingerprint density at radius 2 is 2.07 bits per heavy atom. The summed E-state index contributed by atoms with van der Waals surface area (Å²) in [5, 5.41) is 3.02. The highest BCUT2D eigenvalue weighted by Crippen LogP contribution is 2.49. The lowest BCUT2D eigenvalue weighted by Gasteiger charge is -2.30. The predicted molar refractivity (Wildman–Crippen MR) is 53.8 cm³/mol. The lowest BCUT2D eigenvalue weighted by atomic mass is 9.71. The topological polar surface area (TPSA) is 38.3 Å². The smallest absolute Gasteiger partial charge is 0.223 e. The largest absolute Gasteiger partial charge is 0.375 e. The van der Waals surface area contributed by atoms with E-state index in [1.54, 1.807) is 0 Å². The number of hydrogen-bond acceptors (Lipinski definition) is 2. The van der Waals surface area contributed by atoms with Gasteiger partial charge in [-0.15, -0.1) is 0 Å². The molecule has 1 N–H and O–H groups in total. The van der Waals surface area contributed by atoms with Gasteiger partial charge in [-0.2, -0.15) is 0 Å². The van der Waals surface area contributed by atoms with E-state index in [4.69, 9.17) is 4.74 Å². The summed E-state index contributed by atoms with van der Waals surface area (Å²) in [6.45, 7) is 9.02. The van der Waals surface area contributed by atoms with Crippen molar-refractivity contribution in [3.8, 4) is 0 Å². The van der Waals surface area contributed by atoms with Crippen LogP contribution in [-0.2, 0) is 9.53 Å². The molecular formula is C11H19NO2. The van der Waals surface area contributed by atoms with Crippen LogP contribution in [0.4, 0.5) is 0 Å². The van der Waals surface area contributed by atoms with Crippen molar-refractivity contribution in [1.29, 1.82) is 0 Å². The van der Waals surface area contributed by atoms with E-state index in [-0.39, 0.29) is 28.9 Å². The maximum absolute atomic E-state index is 11.6. The van der Waals surface area contributed by atoms with E-state index in [9.17, 15) is 4.79 Å². The summed E-state index contributed by atoms with van der Waals surface area (Å²) in [5.74, 6) is 0.262. The Labute approximate surface area is 85.2 Å². The van der Waals surface area contributed by atoms with Crippen LogP contribution in [0.15, 0.2) is 0 Å². The van der Waals surface area contributed by atoms with Crippen LogP contribution in [0.3, 0.4) is 0 Å². The van der Waals surface area contributed by atoms with E-state index in [0.717, 1.165) is 6.42 Å². The van der Waals surface area contributed by atoms with E-state index in [1.807, 2.05) is 6.92 Å². The van der Waals surface area contributed by atoms with Gasteiger partial charge in [-0.1, -0.05) is 6.92 Å². The molecular weight excluding hydrogens is 178 g/mol. The summed E-state index contributed by atoms with van der Waals surface area (Å²) in [5.41, 5.74) is -0.0462. The van der Waals surface area contributed by atoms with Crippen LogP contribution in [0, 0.1) is 11.3 Å². The molecule has 2 rings (SSSR count). The molecule has 2 fully saturated rings. The molecule has 0 radical (unpaired) electrons. The Balaban J connectivity index is 2.28. The van der Waals surface area contributed by atoms with Gasteiger partial charge in [0.05, 0.1) is 12.2 Å². The van der Waals surface area contributed by atoms with Crippen molar-refractivity contribution >= 4 is 5.91 Å². The Hall–Kier alpha value is -0.570. The Kier molecular flexibility index (Phi) is 1.94. The fourth-order valence-electron chi connectivity index (χ4n) is 2.90. The van der Waals surface area contributed by atoms with Crippen LogP contribution in [0.25, 0.3) is 0 Å². The van der Waals surface area contributed by atoms with Gasteiger partial charge >= 0.3 is 0 Å². The van der Waals surface area contributed by atoms with Gasteiger partial charge in [0, 0.05) is 17.4 Å². The molecule has 3 unspecified atom stereocenters. The predicted octanol–water partition coefficient (Wildman–Crippen LogP) is 1.33. The number of ether oxygens (including phenoxy) is 1. The summed E-state index contributed by atoms with van der Waals surface area (Å²) < 4.78 is 5.78. The third-order valence-electron chi connectivity index (χ3n) is 3.96. The first kappa shape index (κ1) is 9.97. The summed E-state index contributed by atoms with van der Waals surface area (Å²) in [4.78, 5) is 11.6. The molecule has 0 aromatic rings. The summed E-state index contributed by atoms with van der Waals surface area (Å²) in [6.07, 6.45) is 0.973. The zero-order chi connectivity index (χ0) is 10.6. The number of carbonyl (C=O) groups is 1. The molecule has 2 saturated heterocycles. The average Bonchev–Trinajstić information content (AvgIpc) is 2.49. The van der Waals surface area contributed by atoms with Crippen molar-refractivity contribution < 1.29 is 9.53 Å². The third-order valence-corrected chi connectivity index (χ3v) is 3.96. The molecule has 0 aromatic heterocycles. The second-order valence-corrected chi connectivity index (χ2v) is 5.41. The van der Waals surface area contributed by atoms with Crippen molar-refractivity contribution in [3.63, 3.8) is 0 Å². The van der Waals surface area contributed by atoms with Crippen LogP contribution in [-0.4, -0.2) is 24.2 Å². The second-order valence-electron chi connectivity index (χ2n) is 5.41. The minimum Gasteiger partial charge on any atom is -0.375 e. The highest BCUT2D eigenvalue weighted by Gasteiger charge is 2.57. The molecule has 0 saturated carbocycles. The molecule has 14 heavy (non-hydrogen) atoms. The molecule has 2 aliphatic heterocycles. The minimum absolute atomic E-state index is 0.0284. The van der Waals surface area contributed by atoms with E-state index in [0.29, 0.717) is 6.61 Å². The molecule has 0 aliphatic carbocycles. The quantitative estimate of drug-likeness (QED) is 0.636. The van der Waals surface area contributed by atoms with E-state index in [2.05, 4.69) is 26.1 Å². The minimum atomic E-state index is -0.0746. The fourth-order valence-corrected chi connectivity index (χ4v) is 2.90. The Morgan fingerprint density at radius 1 is 1.43 bits per heavy atom. The Morgan fingerprint density at radius 3 is 2.43 bits per heavy atom. The van der Waals surface area contributed by atoms with Crippen molar-refractivity contribution in [2.75, 3.05) is 6.61 Å². The molecule has 0 bridgehead atoms. The lowest BCUT2D eigenvalue weighted by molar-refractivity contribution is -0.123. The zero-order valence-electron chi connectivity index (χ0n) is 9.39. The maximum Gasteiger partial charge on any atom is 0.223 e. The zero-order valence-corrected chi connectivity index (χ0v) is 9.39. The van der Waals surface area contributed by atoms with Crippen molar-refractivity contribution in [1.82, 2.24) is 5.32 Å². The van der Waals surface area contributed by atoms with Crippen LogP contribution in [0.1, 0.15) is 34.1 Å². The number of carbonyl (C=O) groups excluding carboxylic acids is 1. The monoisotopic (exact) mass is 197 g/mol. The molecule has 3 nitrogen and oxygen atoms in total. The molecule has 1 amide bonds. The van der Waals surface area contributed by atoms with Crippen molar-refractivity contribution in [3.05, 3.63) is 0 Å². The van der Waals surface area contributed by atoms with Gasteiger partial charge in [0.15, 0.2) is 0 Å². The summed E-state index contributed by atoms with van der Waals surface area (Å²) in [6, 6.07) is 0.242. The molecule has 2 heterocycles. The van der Waals surface area contributed by atoms with Crippen LogP contribution in [0.2, 0.25) is 0 Å². The van der Waals surface area contributed by atoms with Crippen LogP contribution in [0.5, 0.6) is 0 Å². The number of nitrogens with one attached hydrogen (secondary N) is 1. The van der Waals surface area contributed by atoms with Gasteiger partial charge in [0.1, 0.15) is 0 Å². The number of rotatable bonds is 0. The summed E-state index contributed by atoms with van der Waals surface area (Å²) >= 11 is 0. The molecule has 80 valence electrons. The van der Waals surface area contributed by atoms with Crippen LogP contribution >= 0.6 is 0 Å². The van der Waals surface area contributed by atoms with Gasteiger partial charge in [-0.05, 0) is 27.2 Å². The first-order valence-corrected chi connectivity index (χ1v) is 5.32. The maximum atomic E-state index is 11.6. The fraction of sp³-hybridized carbons (Fsp3) is 0.909. The molecule has 3 atom stereocenters. The second kappa shape index (κ2) is 2.72. The normalized spacial score (nSPS) is 45.9. The van der Waals surface area contributed by atoms with Crippen LogP contribution < -0.4 is 5.32 Å². The van der Waals surface area contributed by atoms with Gasteiger partial charge in [-0.25, -0.2) is 0 Å². The van der Waals surface area contributed by atoms with E-state index < -0.39 is 0 Å². The van der Waals surface area contributed by atoms with Gasteiger partial charge < -0.3 is 10.1 Å². The lowest BCUT2D eigenvalue weighted by Crippen LogP contribution is -2.38. The SMILES string of the molecule is CC1NC(=O)C(C)C12COC(C)(C)C2. The summed E-state index contributed by atoms with van der Waals surface area (Å²) in [7, 11) is 0. The van der Waals surface area contributed by atoms with Gasteiger partial charge in [0.2, 0.25) is 5.91 Å². The molecule has 3 heteroatoms. The third kappa shape index (κ3) is 1.18. The van der Waals surface area contributed by atoms with E-state index >= 15 is 0 Å². The molecule has 1 spiro atoms. The van der Waals surface area contributed by atoms with Gasteiger partial charge in [-0.3, -0.25) is 4.79 Å². The van der Waals surface area contributed by atoms with E-state index in [1.165, 1.54) is 0 Å². The molecule has 2 aliphatic rings. The number of amides is 1. The number of hydrogen-bond donors (Lipinski definition) is 1. The highest BCUT2D eigenvalue weighted by molar-refractivity contribution is 5.82. The standard InChI is InChI=1S/C11H19NO2/c1-7-9(13)12-8(2)11(7)5-10(3,4)14-6-11/h7-8H,5-6H2,1-4H3,(H,12,13). The van der Waals surface area contributed by atoms with Crippen molar-refractivity contribution in [2.24, 2.45) is 11.3 Å². The Bertz CT molecular complexity index is 274. The molecule has 0 aromatic carbocycles.